The van der Waals surface area contributed by atoms with Crippen molar-refractivity contribution in [2.45, 2.75) is 58.7 Å². The van der Waals surface area contributed by atoms with E-state index in [-0.39, 0.29) is 6.10 Å². The third kappa shape index (κ3) is 6.29. The fraction of sp³-hybridized carbons (Fsp3) is 0.727. The summed E-state index contributed by atoms with van der Waals surface area (Å²) in [5.41, 5.74) is 0.998. The summed E-state index contributed by atoms with van der Waals surface area (Å²) in [6.07, 6.45) is 6.42. The lowest BCUT2D eigenvalue weighted by atomic mass is 10.1. The summed E-state index contributed by atoms with van der Waals surface area (Å²) in [5.74, 6) is 2.85. The third-order valence-electron chi connectivity index (χ3n) is 6.10. The highest BCUT2D eigenvalue weighted by molar-refractivity contribution is 5.80. The topological polar surface area (TPSA) is 96.8 Å². The van der Waals surface area contributed by atoms with Gasteiger partial charge in [0.2, 0.25) is 0 Å². The molecule has 2 aromatic rings. The van der Waals surface area contributed by atoms with Gasteiger partial charge in [0.15, 0.2) is 5.96 Å². The molecular formula is C22H36N8O2. The molecule has 2 aliphatic heterocycles. The Hall–Kier alpha value is -2.46. The lowest BCUT2D eigenvalue weighted by Crippen LogP contribution is -2.52. The second-order valence-electron chi connectivity index (χ2n) is 8.57. The van der Waals surface area contributed by atoms with Crippen molar-refractivity contribution >= 4 is 5.96 Å². The quantitative estimate of drug-likeness (QED) is 0.483. The van der Waals surface area contributed by atoms with Crippen LogP contribution in [-0.2, 0) is 24.2 Å². The number of ether oxygens (including phenoxy) is 1. The predicted molar refractivity (Wildman–Crippen MR) is 121 cm³/mol. The number of guanidine groups is 1. The predicted octanol–water partition coefficient (Wildman–Crippen LogP) is 1.47. The van der Waals surface area contributed by atoms with Gasteiger partial charge >= 0.3 is 0 Å². The Bertz CT molecular complexity index is 850. The molecule has 32 heavy (non-hydrogen) atoms. The normalized spacial score (nSPS) is 20.6. The molecule has 0 aromatic carbocycles. The zero-order chi connectivity index (χ0) is 22.2. The first kappa shape index (κ1) is 22.7. The molecule has 1 unspecified atom stereocenters. The molecular weight excluding hydrogens is 408 g/mol. The highest BCUT2D eigenvalue weighted by Gasteiger charge is 2.22. The van der Waals surface area contributed by atoms with Crippen molar-refractivity contribution in [2.24, 2.45) is 4.99 Å². The summed E-state index contributed by atoms with van der Waals surface area (Å²) in [7, 11) is 0. The molecule has 2 saturated heterocycles. The summed E-state index contributed by atoms with van der Waals surface area (Å²) >= 11 is 0. The van der Waals surface area contributed by atoms with Gasteiger partial charge in [-0.15, -0.1) is 10.2 Å². The van der Waals surface area contributed by atoms with E-state index in [0.717, 1.165) is 94.9 Å². The summed E-state index contributed by atoms with van der Waals surface area (Å²) in [6.45, 7) is 11.8. The molecule has 4 rings (SSSR count). The van der Waals surface area contributed by atoms with Gasteiger partial charge in [-0.2, -0.15) is 0 Å². The van der Waals surface area contributed by atoms with Crippen molar-refractivity contribution in [3.63, 3.8) is 0 Å². The Balaban J connectivity index is 1.32. The summed E-state index contributed by atoms with van der Waals surface area (Å²) < 4.78 is 13.2. The number of nitrogens with one attached hydrogen (secondary N) is 1. The second-order valence-corrected chi connectivity index (χ2v) is 8.57. The number of nitrogens with zero attached hydrogens (tertiary/aromatic N) is 7. The van der Waals surface area contributed by atoms with Gasteiger partial charge in [0.05, 0.1) is 18.3 Å². The maximum atomic E-state index is 5.90. The first-order valence-corrected chi connectivity index (χ1v) is 11.9. The van der Waals surface area contributed by atoms with E-state index in [4.69, 9.17) is 14.3 Å². The van der Waals surface area contributed by atoms with Gasteiger partial charge in [0, 0.05) is 64.9 Å². The highest BCUT2D eigenvalue weighted by Crippen LogP contribution is 2.14. The van der Waals surface area contributed by atoms with Crippen molar-refractivity contribution in [2.75, 3.05) is 45.9 Å². The van der Waals surface area contributed by atoms with Crippen molar-refractivity contribution < 1.29 is 9.26 Å². The number of piperazine rings is 1. The van der Waals surface area contributed by atoms with Crippen LogP contribution in [0.15, 0.2) is 21.9 Å². The zero-order valence-electron chi connectivity index (χ0n) is 19.4. The molecule has 2 fully saturated rings. The van der Waals surface area contributed by atoms with Crippen LogP contribution in [0, 0.1) is 6.92 Å². The lowest BCUT2D eigenvalue weighted by molar-refractivity contribution is 0.0222. The Morgan fingerprint density at radius 1 is 1.25 bits per heavy atom. The van der Waals surface area contributed by atoms with E-state index in [1.807, 2.05) is 13.0 Å². The average molecular weight is 445 g/mol. The number of hydrogen-bond donors (Lipinski definition) is 1. The van der Waals surface area contributed by atoms with Crippen LogP contribution in [0.5, 0.6) is 0 Å². The summed E-state index contributed by atoms with van der Waals surface area (Å²) in [6, 6.07) is 2.01. The third-order valence-corrected chi connectivity index (χ3v) is 6.10. The maximum absolute atomic E-state index is 5.90. The van der Waals surface area contributed by atoms with Gasteiger partial charge in [0.25, 0.3) is 0 Å². The van der Waals surface area contributed by atoms with E-state index in [9.17, 15) is 0 Å². The molecule has 4 heterocycles. The fourth-order valence-corrected chi connectivity index (χ4v) is 4.27. The monoisotopic (exact) mass is 444 g/mol. The molecule has 0 radical (unpaired) electrons. The van der Waals surface area contributed by atoms with E-state index in [1.165, 1.54) is 6.42 Å². The standard InChI is InChI=1S/C22H36N8O2/c1-3-21-26-25-17-30(21)8-7-23-22(24-15-20-6-4-5-13-31-20)29-11-9-28(10-12-29)16-19-14-18(2)32-27-19/h14,17,20H,3-13,15-16H2,1-2H3,(H,23,24). The highest BCUT2D eigenvalue weighted by atomic mass is 16.5. The molecule has 0 amide bonds. The Labute approximate surface area is 190 Å². The van der Waals surface area contributed by atoms with Gasteiger partial charge in [-0.3, -0.25) is 9.89 Å². The number of hydrogen-bond acceptors (Lipinski definition) is 7. The number of rotatable bonds is 8. The molecule has 0 saturated carbocycles. The van der Waals surface area contributed by atoms with Gasteiger partial charge in [-0.1, -0.05) is 12.1 Å². The van der Waals surface area contributed by atoms with Crippen molar-refractivity contribution in [1.82, 2.24) is 35.0 Å². The fourth-order valence-electron chi connectivity index (χ4n) is 4.27. The second kappa shape index (κ2) is 11.4. The van der Waals surface area contributed by atoms with Gasteiger partial charge in [0.1, 0.15) is 17.9 Å². The van der Waals surface area contributed by atoms with Gasteiger partial charge < -0.3 is 24.0 Å². The minimum absolute atomic E-state index is 0.238. The number of aliphatic imine (C=N–C) groups is 1. The summed E-state index contributed by atoms with van der Waals surface area (Å²) in [5, 5.41) is 15.9. The van der Waals surface area contributed by atoms with Crippen molar-refractivity contribution in [3.05, 3.63) is 29.7 Å². The molecule has 2 aromatic heterocycles. The van der Waals surface area contributed by atoms with Gasteiger partial charge in [-0.05, 0) is 26.2 Å². The lowest BCUT2D eigenvalue weighted by Gasteiger charge is -2.36. The van der Waals surface area contributed by atoms with Crippen LogP contribution in [0.1, 0.15) is 43.5 Å². The smallest absolute Gasteiger partial charge is 0.194 e. The molecule has 0 spiro atoms. The van der Waals surface area contributed by atoms with E-state index < -0.39 is 0 Å². The zero-order valence-corrected chi connectivity index (χ0v) is 19.4. The molecule has 10 heteroatoms. The SMILES string of the molecule is CCc1nncn1CCNC(=NCC1CCCCO1)N1CCN(Cc2cc(C)on2)CC1. The summed E-state index contributed by atoms with van der Waals surface area (Å²) in [4.78, 5) is 9.74. The van der Waals surface area contributed by atoms with Crippen LogP contribution in [0.3, 0.4) is 0 Å². The molecule has 176 valence electrons. The van der Waals surface area contributed by atoms with Crippen LogP contribution < -0.4 is 5.32 Å². The molecule has 0 aliphatic carbocycles. The molecule has 2 aliphatic rings. The Kier molecular flexibility index (Phi) is 8.11. The van der Waals surface area contributed by atoms with Gasteiger partial charge in [-0.25, -0.2) is 0 Å². The van der Waals surface area contributed by atoms with Crippen LogP contribution >= 0.6 is 0 Å². The minimum atomic E-state index is 0.238. The van der Waals surface area contributed by atoms with E-state index in [2.05, 4.69) is 42.0 Å². The van der Waals surface area contributed by atoms with E-state index >= 15 is 0 Å². The first-order chi connectivity index (χ1) is 15.7. The van der Waals surface area contributed by atoms with Crippen LogP contribution in [-0.4, -0.2) is 87.7 Å². The van der Waals surface area contributed by atoms with Crippen LogP contribution in [0.25, 0.3) is 0 Å². The Morgan fingerprint density at radius 3 is 2.84 bits per heavy atom. The molecule has 0 bridgehead atoms. The van der Waals surface area contributed by atoms with Crippen molar-refractivity contribution in [3.8, 4) is 0 Å². The molecule has 10 nitrogen and oxygen atoms in total. The largest absolute Gasteiger partial charge is 0.376 e. The van der Waals surface area contributed by atoms with Crippen LogP contribution in [0.4, 0.5) is 0 Å². The van der Waals surface area contributed by atoms with Crippen LogP contribution in [0.2, 0.25) is 0 Å². The van der Waals surface area contributed by atoms with E-state index in [0.29, 0.717) is 6.54 Å². The minimum Gasteiger partial charge on any atom is -0.376 e. The average Bonchev–Trinajstić information content (AvgIpc) is 3.45. The number of aryl methyl sites for hydroxylation is 2. The first-order valence-electron chi connectivity index (χ1n) is 11.9. The maximum Gasteiger partial charge on any atom is 0.194 e. The van der Waals surface area contributed by atoms with E-state index in [1.54, 1.807) is 6.33 Å². The van der Waals surface area contributed by atoms with Crippen molar-refractivity contribution in [1.29, 1.82) is 0 Å². The molecule has 1 N–H and O–H groups in total. The Morgan fingerprint density at radius 2 is 2.12 bits per heavy atom. The molecule has 1 atom stereocenters. The number of aromatic nitrogens is 4.